The highest BCUT2D eigenvalue weighted by molar-refractivity contribution is 9.10. The largest absolute Gasteiger partial charge is 0.356 e. The number of carbonyl (C=O) groups excluding carboxylic acids is 1. The summed E-state index contributed by atoms with van der Waals surface area (Å²) in [6, 6.07) is 8.48. The molecule has 1 amide bonds. The Morgan fingerprint density at radius 1 is 1.53 bits per heavy atom. The highest BCUT2D eigenvalue weighted by Crippen LogP contribution is 2.19. The van der Waals surface area contributed by atoms with Crippen LogP contribution in [-0.2, 0) is 11.3 Å². The average Bonchev–Trinajstić information content (AvgIpc) is 2.37. The molecule has 0 aliphatic carbocycles. The van der Waals surface area contributed by atoms with Crippen molar-refractivity contribution in [2.24, 2.45) is 5.92 Å². The van der Waals surface area contributed by atoms with Crippen LogP contribution in [-0.4, -0.2) is 30.4 Å². The molecule has 0 saturated carbocycles. The molecule has 1 atom stereocenters. The van der Waals surface area contributed by atoms with Gasteiger partial charge in [0.05, 0.1) is 0 Å². The van der Waals surface area contributed by atoms with Crippen molar-refractivity contribution in [3.05, 3.63) is 34.3 Å². The van der Waals surface area contributed by atoms with Crippen molar-refractivity contribution < 1.29 is 4.79 Å². The first-order valence-electron chi connectivity index (χ1n) is 6.85. The molecule has 1 aromatic carbocycles. The van der Waals surface area contributed by atoms with Gasteiger partial charge >= 0.3 is 0 Å². The summed E-state index contributed by atoms with van der Waals surface area (Å²) in [4.78, 5) is 13.5. The zero-order valence-corrected chi connectivity index (χ0v) is 12.9. The van der Waals surface area contributed by atoms with Gasteiger partial charge in [0.25, 0.3) is 0 Å². The Bertz CT molecular complexity index is 436. The number of rotatable bonds is 4. The Morgan fingerprint density at radius 2 is 2.37 bits per heavy atom. The van der Waals surface area contributed by atoms with Gasteiger partial charge in [-0.05, 0) is 43.0 Å². The molecule has 4 heteroatoms. The van der Waals surface area contributed by atoms with Crippen molar-refractivity contribution in [2.75, 3.05) is 19.6 Å². The first-order chi connectivity index (χ1) is 9.13. The zero-order chi connectivity index (χ0) is 13.7. The van der Waals surface area contributed by atoms with E-state index in [-0.39, 0.29) is 5.91 Å². The molecule has 0 bridgehead atoms. The van der Waals surface area contributed by atoms with Crippen molar-refractivity contribution in [2.45, 2.75) is 26.3 Å². The lowest BCUT2D eigenvalue weighted by atomic mass is 9.97. The van der Waals surface area contributed by atoms with E-state index < -0.39 is 0 Å². The minimum Gasteiger partial charge on any atom is -0.356 e. The smallest absolute Gasteiger partial charge is 0.216 e. The number of hydrogen-bond acceptors (Lipinski definition) is 2. The minimum atomic E-state index is 0.0733. The summed E-state index contributed by atoms with van der Waals surface area (Å²) in [6.45, 7) is 5.62. The Labute approximate surface area is 123 Å². The number of halogens is 1. The third kappa shape index (κ3) is 4.96. The number of carbonyl (C=O) groups is 1. The highest BCUT2D eigenvalue weighted by atomic mass is 79.9. The van der Waals surface area contributed by atoms with E-state index in [1.165, 1.54) is 18.4 Å². The monoisotopic (exact) mass is 324 g/mol. The van der Waals surface area contributed by atoms with Crippen LogP contribution in [0.3, 0.4) is 0 Å². The molecule has 19 heavy (non-hydrogen) atoms. The van der Waals surface area contributed by atoms with E-state index in [1.807, 2.05) is 0 Å². The topological polar surface area (TPSA) is 32.3 Å². The summed E-state index contributed by atoms with van der Waals surface area (Å²) in [5.74, 6) is 0.661. The Morgan fingerprint density at radius 3 is 3.11 bits per heavy atom. The molecule has 1 fully saturated rings. The molecule has 1 aliphatic heterocycles. The van der Waals surface area contributed by atoms with Crippen molar-refractivity contribution in [3.8, 4) is 0 Å². The third-order valence-electron chi connectivity index (χ3n) is 3.54. The summed E-state index contributed by atoms with van der Waals surface area (Å²) in [6.07, 6.45) is 2.44. The highest BCUT2D eigenvalue weighted by Gasteiger charge is 2.19. The molecule has 0 spiro atoms. The van der Waals surface area contributed by atoms with E-state index in [2.05, 4.69) is 50.4 Å². The predicted molar refractivity (Wildman–Crippen MR) is 80.8 cm³/mol. The second kappa shape index (κ2) is 7.06. The average molecular weight is 325 g/mol. The standard InChI is InChI=1S/C15H21BrN2O/c1-12(19)17-9-14-5-3-7-18(11-14)10-13-4-2-6-15(16)8-13/h2,4,6,8,14H,3,5,7,9-11H2,1H3,(H,17,19)/t14-/m1/s1. The molecule has 104 valence electrons. The molecule has 0 radical (unpaired) electrons. The van der Waals surface area contributed by atoms with E-state index in [4.69, 9.17) is 0 Å². The maximum absolute atomic E-state index is 11.0. The molecule has 2 rings (SSSR count). The number of benzene rings is 1. The number of piperidine rings is 1. The fraction of sp³-hybridized carbons (Fsp3) is 0.533. The van der Waals surface area contributed by atoms with Gasteiger partial charge in [0, 0.05) is 31.0 Å². The van der Waals surface area contributed by atoms with E-state index in [0.29, 0.717) is 5.92 Å². The lowest BCUT2D eigenvalue weighted by molar-refractivity contribution is -0.119. The fourth-order valence-corrected chi connectivity index (χ4v) is 3.09. The van der Waals surface area contributed by atoms with Crippen LogP contribution in [0.25, 0.3) is 0 Å². The second-order valence-corrected chi connectivity index (χ2v) is 6.23. The zero-order valence-electron chi connectivity index (χ0n) is 11.4. The molecule has 1 N–H and O–H groups in total. The number of nitrogens with zero attached hydrogens (tertiary/aromatic N) is 1. The van der Waals surface area contributed by atoms with Crippen molar-refractivity contribution in [1.29, 1.82) is 0 Å². The van der Waals surface area contributed by atoms with E-state index >= 15 is 0 Å². The maximum atomic E-state index is 11.0. The van der Waals surface area contributed by atoms with Crippen LogP contribution in [0.1, 0.15) is 25.3 Å². The molecule has 1 heterocycles. The van der Waals surface area contributed by atoms with Crippen LogP contribution in [0.2, 0.25) is 0 Å². The van der Waals surface area contributed by atoms with E-state index in [0.717, 1.165) is 30.7 Å². The molecule has 1 saturated heterocycles. The summed E-state index contributed by atoms with van der Waals surface area (Å²) >= 11 is 3.51. The van der Waals surface area contributed by atoms with E-state index in [9.17, 15) is 4.79 Å². The second-order valence-electron chi connectivity index (χ2n) is 5.31. The third-order valence-corrected chi connectivity index (χ3v) is 4.03. The van der Waals surface area contributed by atoms with Crippen LogP contribution < -0.4 is 5.32 Å². The predicted octanol–water partition coefficient (Wildman–Crippen LogP) is 2.80. The Balaban J connectivity index is 1.85. The van der Waals surface area contributed by atoms with Gasteiger partial charge in [0.15, 0.2) is 0 Å². The number of hydrogen-bond donors (Lipinski definition) is 1. The first kappa shape index (κ1) is 14.5. The van der Waals surface area contributed by atoms with Crippen LogP contribution >= 0.6 is 15.9 Å². The number of likely N-dealkylation sites (tertiary alicyclic amines) is 1. The van der Waals surface area contributed by atoms with Crippen LogP contribution in [0.4, 0.5) is 0 Å². The van der Waals surface area contributed by atoms with Crippen LogP contribution in [0.5, 0.6) is 0 Å². The van der Waals surface area contributed by atoms with Crippen molar-refractivity contribution in [1.82, 2.24) is 10.2 Å². The number of nitrogens with one attached hydrogen (secondary N) is 1. The first-order valence-corrected chi connectivity index (χ1v) is 7.64. The minimum absolute atomic E-state index is 0.0733. The molecule has 3 nitrogen and oxygen atoms in total. The molecule has 0 aromatic heterocycles. The van der Waals surface area contributed by atoms with Gasteiger partial charge in [0.2, 0.25) is 5.91 Å². The molecule has 1 aliphatic rings. The molecular formula is C15H21BrN2O. The van der Waals surface area contributed by atoms with E-state index in [1.54, 1.807) is 6.92 Å². The lowest BCUT2D eigenvalue weighted by Crippen LogP contribution is -2.40. The normalized spacial score (nSPS) is 20.2. The van der Waals surface area contributed by atoms with Gasteiger partial charge in [-0.2, -0.15) is 0 Å². The molecule has 0 unspecified atom stereocenters. The Hall–Kier alpha value is -0.870. The van der Waals surface area contributed by atoms with Gasteiger partial charge in [-0.15, -0.1) is 0 Å². The van der Waals surface area contributed by atoms with Gasteiger partial charge in [-0.1, -0.05) is 28.1 Å². The SMILES string of the molecule is CC(=O)NC[C@H]1CCCN(Cc2cccc(Br)c2)C1. The van der Waals surface area contributed by atoms with Gasteiger partial charge < -0.3 is 5.32 Å². The van der Waals surface area contributed by atoms with Crippen LogP contribution in [0.15, 0.2) is 28.7 Å². The number of amides is 1. The quantitative estimate of drug-likeness (QED) is 0.923. The molecular weight excluding hydrogens is 304 g/mol. The summed E-state index contributed by atoms with van der Waals surface area (Å²) in [5, 5.41) is 2.94. The molecule has 1 aromatic rings. The van der Waals surface area contributed by atoms with Gasteiger partial charge in [-0.3, -0.25) is 9.69 Å². The Kier molecular flexibility index (Phi) is 5.40. The van der Waals surface area contributed by atoms with Crippen molar-refractivity contribution >= 4 is 21.8 Å². The van der Waals surface area contributed by atoms with Crippen LogP contribution in [0, 0.1) is 5.92 Å². The summed E-state index contributed by atoms with van der Waals surface area (Å²) < 4.78 is 1.14. The van der Waals surface area contributed by atoms with Gasteiger partial charge in [-0.25, -0.2) is 0 Å². The fourth-order valence-electron chi connectivity index (χ4n) is 2.64. The van der Waals surface area contributed by atoms with Gasteiger partial charge in [0.1, 0.15) is 0 Å². The summed E-state index contributed by atoms with van der Waals surface area (Å²) in [5.41, 5.74) is 1.34. The summed E-state index contributed by atoms with van der Waals surface area (Å²) in [7, 11) is 0. The lowest BCUT2D eigenvalue weighted by Gasteiger charge is -2.32. The van der Waals surface area contributed by atoms with Crippen molar-refractivity contribution in [3.63, 3.8) is 0 Å². The maximum Gasteiger partial charge on any atom is 0.216 e.